The molecule has 0 aliphatic heterocycles. The summed E-state index contributed by atoms with van der Waals surface area (Å²) < 4.78 is 5.03. The predicted octanol–water partition coefficient (Wildman–Crippen LogP) is 3.12. The van der Waals surface area contributed by atoms with Gasteiger partial charge in [0.1, 0.15) is 0 Å². The van der Waals surface area contributed by atoms with Crippen LogP contribution in [-0.4, -0.2) is 26.7 Å². The molecule has 0 aliphatic carbocycles. The van der Waals surface area contributed by atoms with Crippen LogP contribution in [-0.2, 0) is 17.8 Å². The van der Waals surface area contributed by atoms with Crippen molar-refractivity contribution in [3.63, 3.8) is 0 Å². The molecule has 0 saturated carbocycles. The standard InChI is InChI=1S/C12H12BrN3OS2/c1-2-12(17)16(5-3-11-14-4-6-18-11)8-10-9(13)7-15-19-10/h2,4,6-7H,1,3,5,8H2. The van der Waals surface area contributed by atoms with E-state index in [9.17, 15) is 4.79 Å². The molecule has 0 aliphatic rings. The molecule has 2 heterocycles. The summed E-state index contributed by atoms with van der Waals surface area (Å²) in [6, 6.07) is 0. The number of hydrogen-bond donors (Lipinski definition) is 0. The average Bonchev–Trinajstić information content (AvgIpc) is 3.05. The van der Waals surface area contributed by atoms with Gasteiger partial charge in [-0.05, 0) is 33.5 Å². The highest BCUT2D eigenvalue weighted by Gasteiger charge is 2.14. The van der Waals surface area contributed by atoms with Crippen LogP contribution < -0.4 is 0 Å². The quantitative estimate of drug-likeness (QED) is 0.746. The Labute approximate surface area is 128 Å². The normalized spacial score (nSPS) is 10.4. The van der Waals surface area contributed by atoms with Gasteiger partial charge >= 0.3 is 0 Å². The first-order valence-electron chi connectivity index (χ1n) is 5.59. The Hall–Kier alpha value is -1.05. The molecule has 2 rings (SSSR count). The minimum absolute atomic E-state index is 0.0724. The Bertz CT molecular complexity index is 553. The third-order valence-electron chi connectivity index (χ3n) is 2.50. The third-order valence-corrected chi connectivity index (χ3v) is 5.06. The molecule has 0 spiro atoms. The summed E-state index contributed by atoms with van der Waals surface area (Å²) in [6.07, 6.45) is 5.63. The lowest BCUT2D eigenvalue weighted by Gasteiger charge is -2.19. The highest BCUT2D eigenvalue weighted by atomic mass is 79.9. The monoisotopic (exact) mass is 357 g/mol. The van der Waals surface area contributed by atoms with Crippen LogP contribution in [0.4, 0.5) is 0 Å². The predicted molar refractivity (Wildman–Crippen MR) is 81.2 cm³/mol. The van der Waals surface area contributed by atoms with Crippen LogP contribution in [0.1, 0.15) is 9.88 Å². The Morgan fingerprint density at radius 1 is 1.58 bits per heavy atom. The molecule has 100 valence electrons. The van der Waals surface area contributed by atoms with Gasteiger partial charge < -0.3 is 4.90 Å². The van der Waals surface area contributed by atoms with E-state index in [4.69, 9.17) is 0 Å². The first-order valence-corrected chi connectivity index (χ1v) is 8.04. The Balaban J connectivity index is 2.01. The number of thiazole rings is 1. The minimum Gasteiger partial charge on any atom is -0.334 e. The van der Waals surface area contributed by atoms with Crippen molar-refractivity contribution >= 4 is 44.7 Å². The molecule has 4 nitrogen and oxygen atoms in total. The average molecular weight is 358 g/mol. The maximum Gasteiger partial charge on any atom is 0.246 e. The second-order valence-electron chi connectivity index (χ2n) is 3.74. The van der Waals surface area contributed by atoms with E-state index in [1.807, 2.05) is 5.38 Å². The van der Waals surface area contributed by atoms with Gasteiger partial charge in [-0.1, -0.05) is 6.58 Å². The van der Waals surface area contributed by atoms with E-state index in [-0.39, 0.29) is 5.91 Å². The molecular weight excluding hydrogens is 346 g/mol. The van der Waals surface area contributed by atoms with Crippen LogP contribution in [0.15, 0.2) is 34.9 Å². The van der Waals surface area contributed by atoms with Crippen LogP contribution in [0.3, 0.4) is 0 Å². The summed E-state index contributed by atoms with van der Waals surface area (Å²) in [4.78, 5) is 18.9. The van der Waals surface area contributed by atoms with Gasteiger partial charge in [0, 0.05) is 24.5 Å². The highest BCUT2D eigenvalue weighted by Crippen LogP contribution is 2.22. The highest BCUT2D eigenvalue weighted by molar-refractivity contribution is 9.10. The first-order chi connectivity index (χ1) is 9.20. The zero-order chi connectivity index (χ0) is 13.7. The number of carbonyl (C=O) groups is 1. The van der Waals surface area contributed by atoms with Crippen molar-refractivity contribution in [3.05, 3.63) is 44.8 Å². The largest absolute Gasteiger partial charge is 0.334 e. The Kier molecular flexibility index (Phi) is 5.24. The van der Waals surface area contributed by atoms with Gasteiger partial charge in [-0.15, -0.1) is 11.3 Å². The van der Waals surface area contributed by atoms with E-state index >= 15 is 0 Å². The van der Waals surface area contributed by atoms with Crippen molar-refractivity contribution in [2.75, 3.05) is 6.54 Å². The molecular formula is C12H12BrN3OS2. The fourth-order valence-corrected chi connectivity index (χ4v) is 3.36. The molecule has 1 amide bonds. The summed E-state index contributed by atoms with van der Waals surface area (Å²) in [5.74, 6) is -0.0724. The fraction of sp³-hybridized carbons (Fsp3) is 0.250. The molecule has 0 saturated heterocycles. The van der Waals surface area contributed by atoms with E-state index < -0.39 is 0 Å². The van der Waals surface area contributed by atoms with Gasteiger partial charge in [0.25, 0.3) is 0 Å². The smallest absolute Gasteiger partial charge is 0.246 e. The molecule has 0 radical (unpaired) electrons. The molecule has 0 unspecified atom stereocenters. The number of carbonyl (C=O) groups excluding carboxylic acids is 1. The van der Waals surface area contributed by atoms with Crippen molar-refractivity contribution in [1.82, 2.24) is 14.3 Å². The van der Waals surface area contributed by atoms with Gasteiger partial charge in [-0.3, -0.25) is 4.79 Å². The fourth-order valence-electron chi connectivity index (χ4n) is 1.53. The molecule has 2 aromatic rings. The van der Waals surface area contributed by atoms with Crippen molar-refractivity contribution in [2.45, 2.75) is 13.0 Å². The van der Waals surface area contributed by atoms with E-state index in [0.29, 0.717) is 13.1 Å². The van der Waals surface area contributed by atoms with Crippen LogP contribution in [0, 0.1) is 0 Å². The maximum atomic E-state index is 11.9. The lowest BCUT2D eigenvalue weighted by molar-refractivity contribution is -0.126. The van der Waals surface area contributed by atoms with E-state index in [2.05, 4.69) is 31.9 Å². The maximum absolute atomic E-state index is 11.9. The summed E-state index contributed by atoms with van der Waals surface area (Å²) in [5, 5.41) is 2.97. The van der Waals surface area contributed by atoms with Gasteiger partial charge in [0.15, 0.2) is 0 Å². The summed E-state index contributed by atoms with van der Waals surface area (Å²) >= 11 is 6.42. The minimum atomic E-state index is -0.0724. The van der Waals surface area contributed by atoms with E-state index in [0.717, 1.165) is 20.8 Å². The summed E-state index contributed by atoms with van der Waals surface area (Å²) in [5.41, 5.74) is 0. The number of hydrogen-bond acceptors (Lipinski definition) is 5. The number of rotatable bonds is 6. The number of aromatic nitrogens is 2. The molecule has 0 N–H and O–H groups in total. The number of nitrogens with zero attached hydrogens (tertiary/aromatic N) is 3. The first kappa shape index (κ1) is 14.4. The lowest BCUT2D eigenvalue weighted by atomic mass is 10.3. The Morgan fingerprint density at radius 2 is 2.42 bits per heavy atom. The van der Waals surface area contributed by atoms with Crippen LogP contribution in [0.25, 0.3) is 0 Å². The summed E-state index contributed by atoms with van der Waals surface area (Å²) in [7, 11) is 0. The van der Waals surface area contributed by atoms with Gasteiger partial charge in [0.05, 0.1) is 27.1 Å². The molecule has 0 aromatic carbocycles. The molecule has 19 heavy (non-hydrogen) atoms. The van der Waals surface area contributed by atoms with Crippen molar-refractivity contribution in [2.24, 2.45) is 0 Å². The van der Waals surface area contributed by atoms with Gasteiger partial charge in [0.2, 0.25) is 5.91 Å². The van der Waals surface area contributed by atoms with E-state index in [1.165, 1.54) is 17.6 Å². The zero-order valence-corrected chi connectivity index (χ0v) is 13.3. The van der Waals surface area contributed by atoms with Crippen LogP contribution in [0.5, 0.6) is 0 Å². The second kappa shape index (κ2) is 6.93. The SMILES string of the molecule is C=CC(=O)N(CCc1nccs1)Cc1sncc1Br. The second-order valence-corrected chi connectivity index (χ2v) is 6.46. The number of amides is 1. The van der Waals surface area contributed by atoms with Crippen molar-refractivity contribution in [3.8, 4) is 0 Å². The molecule has 0 fully saturated rings. The Morgan fingerprint density at radius 3 is 3.00 bits per heavy atom. The molecule has 0 bridgehead atoms. The third kappa shape index (κ3) is 3.95. The zero-order valence-electron chi connectivity index (χ0n) is 10.1. The molecule has 7 heteroatoms. The van der Waals surface area contributed by atoms with E-state index in [1.54, 1.807) is 28.6 Å². The lowest BCUT2D eigenvalue weighted by Crippen LogP contribution is -2.30. The summed E-state index contributed by atoms with van der Waals surface area (Å²) in [6.45, 7) is 4.72. The van der Waals surface area contributed by atoms with Gasteiger partial charge in [-0.2, -0.15) is 4.37 Å². The molecule has 2 aromatic heterocycles. The van der Waals surface area contributed by atoms with Crippen LogP contribution >= 0.6 is 38.8 Å². The molecule has 0 atom stereocenters. The van der Waals surface area contributed by atoms with Crippen molar-refractivity contribution in [1.29, 1.82) is 0 Å². The van der Waals surface area contributed by atoms with Crippen molar-refractivity contribution < 1.29 is 4.79 Å². The number of halogens is 1. The van der Waals surface area contributed by atoms with Crippen LogP contribution in [0.2, 0.25) is 0 Å². The topological polar surface area (TPSA) is 46.1 Å². The van der Waals surface area contributed by atoms with Gasteiger partial charge in [-0.25, -0.2) is 4.98 Å².